The molecule has 0 radical (unpaired) electrons. The van der Waals surface area contributed by atoms with Crippen molar-refractivity contribution in [3.8, 4) is 0 Å². The summed E-state index contributed by atoms with van der Waals surface area (Å²) in [5.74, 6) is 1.47. The van der Waals surface area contributed by atoms with Gasteiger partial charge in [-0.05, 0) is 31.1 Å². The lowest BCUT2D eigenvalue weighted by atomic mass is 9.92. The molecule has 1 heterocycles. The van der Waals surface area contributed by atoms with Gasteiger partial charge in [-0.2, -0.15) is 0 Å². The van der Waals surface area contributed by atoms with E-state index in [1.54, 1.807) is 0 Å². The van der Waals surface area contributed by atoms with Gasteiger partial charge in [0.15, 0.2) is 0 Å². The van der Waals surface area contributed by atoms with Gasteiger partial charge in [0, 0.05) is 13.1 Å². The zero-order chi connectivity index (χ0) is 12.3. The molecule has 94 valence electrons. The fraction of sp³-hybridized carbons (Fsp3) is 0.923. The summed E-state index contributed by atoms with van der Waals surface area (Å²) < 4.78 is 0. The molecule has 1 unspecified atom stereocenters. The summed E-state index contributed by atoms with van der Waals surface area (Å²) in [4.78, 5) is 14.3. The first-order valence-corrected chi connectivity index (χ1v) is 6.52. The van der Waals surface area contributed by atoms with Crippen molar-refractivity contribution in [1.82, 2.24) is 4.90 Å². The van der Waals surface area contributed by atoms with Gasteiger partial charge in [0.05, 0.1) is 5.54 Å². The molecule has 1 rings (SSSR count). The van der Waals surface area contributed by atoms with E-state index in [9.17, 15) is 4.79 Å². The Morgan fingerprint density at radius 2 is 2.00 bits per heavy atom. The zero-order valence-corrected chi connectivity index (χ0v) is 11.1. The predicted molar refractivity (Wildman–Crippen MR) is 67.0 cm³/mol. The molecule has 2 N–H and O–H groups in total. The minimum atomic E-state index is -0.633. The minimum Gasteiger partial charge on any atom is -0.341 e. The third-order valence-electron chi connectivity index (χ3n) is 4.14. The molecule has 1 fully saturated rings. The molecule has 3 nitrogen and oxygen atoms in total. The van der Waals surface area contributed by atoms with E-state index in [4.69, 9.17) is 5.73 Å². The smallest absolute Gasteiger partial charge is 0.242 e. The van der Waals surface area contributed by atoms with Crippen molar-refractivity contribution in [3.05, 3.63) is 0 Å². The van der Waals surface area contributed by atoms with E-state index in [0.29, 0.717) is 11.8 Å². The second-order valence-corrected chi connectivity index (χ2v) is 5.41. The van der Waals surface area contributed by atoms with Crippen LogP contribution >= 0.6 is 0 Å². The molecule has 1 aliphatic rings. The molecule has 0 aromatic carbocycles. The number of carbonyl (C=O) groups excluding carboxylic acids is 1. The van der Waals surface area contributed by atoms with Crippen LogP contribution < -0.4 is 5.73 Å². The first-order chi connectivity index (χ1) is 7.44. The molecule has 0 spiro atoms. The van der Waals surface area contributed by atoms with E-state index in [-0.39, 0.29) is 5.91 Å². The van der Waals surface area contributed by atoms with Crippen molar-refractivity contribution in [1.29, 1.82) is 0 Å². The topological polar surface area (TPSA) is 46.3 Å². The van der Waals surface area contributed by atoms with Gasteiger partial charge in [-0.3, -0.25) is 4.79 Å². The van der Waals surface area contributed by atoms with Crippen molar-refractivity contribution in [2.24, 2.45) is 17.6 Å². The third-order valence-corrected chi connectivity index (χ3v) is 4.14. The van der Waals surface area contributed by atoms with Crippen molar-refractivity contribution >= 4 is 5.91 Å². The average Bonchev–Trinajstić information content (AvgIpc) is 2.76. The second kappa shape index (κ2) is 5.17. The molecule has 1 amide bonds. The van der Waals surface area contributed by atoms with Crippen LogP contribution in [0.2, 0.25) is 0 Å². The predicted octanol–water partition coefficient (Wildman–Crippen LogP) is 2.01. The van der Waals surface area contributed by atoms with Gasteiger partial charge < -0.3 is 10.6 Å². The van der Waals surface area contributed by atoms with Gasteiger partial charge in [-0.15, -0.1) is 0 Å². The van der Waals surface area contributed by atoms with Crippen molar-refractivity contribution in [2.45, 2.75) is 52.5 Å². The molecule has 0 aliphatic carbocycles. The van der Waals surface area contributed by atoms with Crippen LogP contribution in [0.1, 0.15) is 47.0 Å². The lowest BCUT2D eigenvalue weighted by molar-refractivity contribution is -0.136. The third kappa shape index (κ3) is 2.57. The average molecular weight is 226 g/mol. The fourth-order valence-corrected chi connectivity index (χ4v) is 2.38. The molecule has 0 bridgehead atoms. The van der Waals surface area contributed by atoms with Gasteiger partial charge in [0.25, 0.3) is 0 Å². The molecule has 1 saturated heterocycles. The Hall–Kier alpha value is -0.570. The number of hydrogen-bond acceptors (Lipinski definition) is 2. The summed E-state index contributed by atoms with van der Waals surface area (Å²) in [5, 5.41) is 0. The zero-order valence-electron chi connectivity index (χ0n) is 11.1. The van der Waals surface area contributed by atoms with E-state index < -0.39 is 5.54 Å². The highest BCUT2D eigenvalue weighted by atomic mass is 16.2. The van der Waals surface area contributed by atoms with E-state index in [1.165, 1.54) is 0 Å². The van der Waals surface area contributed by atoms with E-state index in [1.807, 2.05) is 18.7 Å². The quantitative estimate of drug-likeness (QED) is 0.797. The number of amides is 1. The van der Waals surface area contributed by atoms with Crippen LogP contribution in [0, 0.1) is 11.8 Å². The highest BCUT2D eigenvalue weighted by molar-refractivity contribution is 5.86. The van der Waals surface area contributed by atoms with Crippen LogP contribution in [0.5, 0.6) is 0 Å². The molecule has 0 saturated carbocycles. The Labute approximate surface area is 99.4 Å². The Balaban J connectivity index is 2.63. The van der Waals surface area contributed by atoms with Gasteiger partial charge >= 0.3 is 0 Å². The first kappa shape index (κ1) is 13.5. The Morgan fingerprint density at radius 1 is 1.44 bits per heavy atom. The van der Waals surface area contributed by atoms with Crippen LogP contribution in [0.3, 0.4) is 0 Å². The Morgan fingerprint density at radius 3 is 2.38 bits per heavy atom. The highest BCUT2D eigenvalue weighted by Crippen LogP contribution is 2.26. The number of nitrogens with two attached hydrogens (primary N) is 1. The van der Waals surface area contributed by atoms with Gasteiger partial charge in [0.2, 0.25) is 5.91 Å². The van der Waals surface area contributed by atoms with Crippen LogP contribution in [-0.4, -0.2) is 29.4 Å². The molecular formula is C13H26N2O. The lowest BCUT2D eigenvalue weighted by Crippen LogP contribution is -2.54. The SMILES string of the molecule is CCC(N)(CC)C(=O)N1CCC(C(C)C)C1. The molecule has 0 aromatic rings. The summed E-state index contributed by atoms with van der Waals surface area (Å²) in [7, 11) is 0. The number of hydrogen-bond donors (Lipinski definition) is 1. The molecule has 3 heteroatoms. The fourth-order valence-electron chi connectivity index (χ4n) is 2.38. The summed E-state index contributed by atoms with van der Waals surface area (Å²) in [5.41, 5.74) is 5.52. The maximum absolute atomic E-state index is 12.3. The number of likely N-dealkylation sites (tertiary alicyclic amines) is 1. The van der Waals surface area contributed by atoms with Crippen LogP contribution in [0.25, 0.3) is 0 Å². The summed E-state index contributed by atoms with van der Waals surface area (Å²) >= 11 is 0. The lowest BCUT2D eigenvalue weighted by Gasteiger charge is -2.30. The van der Waals surface area contributed by atoms with Crippen LogP contribution in [0.4, 0.5) is 0 Å². The molecule has 16 heavy (non-hydrogen) atoms. The van der Waals surface area contributed by atoms with E-state index in [2.05, 4.69) is 13.8 Å². The molecular weight excluding hydrogens is 200 g/mol. The van der Waals surface area contributed by atoms with Crippen LogP contribution in [0.15, 0.2) is 0 Å². The highest BCUT2D eigenvalue weighted by Gasteiger charge is 2.37. The summed E-state index contributed by atoms with van der Waals surface area (Å²) in [6.07, 6.45) is 2.59. The van der Waals surface area contributed by atoms with Gasteiger partial charge in [0.1, 0.15) is 0 Å². The minimum absolute atomic E-state index is 0.153. The van der Waals surface area contributed by atoms with Crippen molar-refractivity contribution in [2.75, 3.05) is 13.1 Å². The van der Waals surface area contributed by atoms with Crippen molar-refractivity contribution < 1.29 is 4.79 Å². The maximum atomic E-state index is 12.3. The number of carbonyl (C=O) groups is 1. The molecule has 0 aromatic heterocycles. The van der Waals surface area contributed by atoms with E-state index in [0.717, 1.165) is 32.4 Å². The molecule has 1 atom stereocenters. The van der Waals surface area contributed by atoms with Gasteiger partial charge in [-0.1, -0.05) is 27.7 Å². The summed E-state index contributed by atoms with van der Waals surface area (Å²) in [6.45, 7) is 10.2. The monoisotopic (exact) mass is 226 g/mol. The Kier molecular flexibility index (Phi) is 4.36. The standard InChI is InChI=1S/C13H26N2O/c1-5-13(14,6-2)12(16)15-8-7-11(9-15)10(3)4/h10-11H,5-9,14H2,1-4H3. The van der Waals surface area contributed by atoms with Crippen molar-refractivity contribution in [3.63, 3.8) is 0 Å². The normalized spacial score (nSPS) is 21.9. The molecule has 1 aliphatic heterocycles. The second-order valence-electron chi connectivity index (χ2n) is 5.41. The van der Waals surface area contributed by atoms with Gasteiger partial charge in [-0.25, -0.2) is 0 Å². The summed E-state index contributed by atoms with van der Waals surface area (Å²) in [6, 6.07) is 0. The van der Waals surface area contributed by atoms with E-state index >= 15 is 0 Å². The number of nitrogens with zero attached hydrogens (tertiary/aromatic N) is 1. The largest absolute Gasteiger partial charge is 0.341 e. The van der Waals surface area contributed by atoms with Crippen LogP contribution in [-0.2, 0) is 4.79 Å². The number of rotatable bonds is 4. The Bertz CT molecular complexity index is 246. The first-order valence-electron chi connectivity index (χ1n) is 6.52. The maximum Gasteiger partial charge on any atom is 0.242 e.